The zero-order chi connectivity index (χ0) is 12.8. The summed E-state index contributed by atoms with van der Waals surface area (Å²) in [5.41, 5.74) is 4.21. The van der Waals surface area contributed by atoms with Crippen molar-refractivity contribution in [2.24, 2.45) is 5.10 Å². The maximum atomic E-state index is 11.8. The molecule has 18 heavy (non-hydrogen) atoms. The lowest BCUT2D eigenvalue weighted by Crippen LogP contribution is -3.09. The van der Waals surface area contributed by atoms with E-state index in [1.165, 1.54) is 4.90 Å². The number of carbonyl (C=O) groups is 1. The molecule has 1 amide bonds. The average Bonchev–Trinajstić information content (AvgIpc) is 2.40. The maximum Gasteiger partial charge on any atom is 0.272 e. The number of nitrogens with zero attached hydrogens (tertiary/aromatic N) is 2. The van der Waals surface area contributed by atoms with Crippen LogP contribution < -0.4 is 10.3 Å². The van der Waals surface area contributed by atoms with E-state index >= 15 is 0 Å². The van der Waals surface area contributed by atoms with E-state index in [9.17, 15) is 4.79 Å². The van der Waals surface area contributed by atoms with Crippen molar-refractivity contribution in [2.45, 2.75) is 6.42 Å². The Labute approximate surface area is 106 Å². The molecule has 1 aliphatic rings. The normalized spacial score (nSPS) is 19.6. The minimum Gasteiger partial charge on any atom is -0.333 e. The fourth-order valence-electron chi connectivity index (χ4n) is 1.84. The van der Waals surface area contributed by atoms with Crippen LogP contribution in [0.1, 0.15) is 12.0 Å². The fraction of sp³-hybridized carbons (Fsp3) is 0.308. The number of carbonyl (C=O) groups excluding carboxylic acids is 1. The molecule has 0 spiro atoms. The van der Waals surface area contributed by atoms with Crippen molar-refractivity contribution < 1.29 is 9.69 Å². The van der Waals surface area contributed by atoms with Gasteiger partial charge in [0.1, 0.15) is 6.54 Å². The summed E-state index contributed by atoms with van der Waals surface area (Å²) >= 11 is 0. The first kappa shape index (κ1) is 12.4. The number of nitrogens with one attached hydrogen (secondary N) is 2. The van der Waals surface area contributed by atoms with Gasteiger partial charge in [-0.1, -0.05) is 12.1 Å². The Balaban J connectivity index is 1.89. The summed E-state index contributed by atoms with van der Waals surface area (Å²) in [7, 11) is 2.08. The van der Waals surface area contributed by atoms with Crippen LogP contribution in [0.15, 0.2) is 41.3 Å². The van der Waals surface area contributed by atoms with E-state index in [0.717, 1.165) is 30.6 Å². The number of pyridine rings is 1. The number of hydrogen-bond donors (Lipinski definition) is 2. The molecule has 2 N–H and O–H groups in total. The number of hydrogen-bond acceptors (Lipinski definition) is 3. The topological polar surface area (TPSA) is 58.8 Å². The molecular formula is C13H17N4O+. The largest absolute Gasteiger partial charge is 0.333 e. The Morgan fingerprint density at radius 1 is 1.61 bits per heavy atom. The number of hydrazone groups is 1. The molecule has 0 fully saturated rings. The summed E-state index contributed by atoms with van der Waals surface area (Å²) in [5.74, 6) is -0.116. The van der Waals surface area contributed by atoms with Gasteiger partial charge in [-0.2, -0.15) is 5.10 Å². The highest BCUT2D eigenvalue weighted by Gasteiger charge is 2.17. The van der Waals surface area contributed by atoms with Gasteiger partial charge in [-0.25, -0.2) is 5.43 Å². The highest BCUT2D eigenvalue weighted by atomic mass is 16.2. The fourth-order valence-corrected chi connectivity index (χ4v) is 1.84. The van der Waals surface area contributed by atoms with Crippen molar-refractivity contribution in [3.8, 4) is 0 Å². The molecule has 0 bridgehead atoms. The van der Waals surface area contributed by atoms with Gasteiger partial charge < -0.3 is 4.90 Å². The molecule has 0 radical (unpaired) electrons. The lowest BCUT2D eigenvalue weighted by molar-refractivity contribution is -0.875. The van der Waals surface area contributed by atoms with Gasteiger partial charge in [0.25, 0.3) is 5.91 Å². The van der Waals surface area contributed by atoms with E-state index in [-0.39, 0.29) is 5.91 Å². The van der Waals surface area contributed by atoms with Gasteiger partial charge in [-0.3, -0.25) is 9.78 Å². The zero-order valence-corrected chi connectivity index (χ0v) is 10.4. The van der Waals surface area contributed by atoms with Crippen molar-refractivity contribution in [1.29, 1.82) is 0 Å². The Morgan fingerprint density at radius 3 is 3.22 bits per heavy atom. The van der Waals surface area contributed by atoms with E-state index in [2.05, 4.69) is 22.6 Å². The summed E-state index contributed by atoms with van der Waals surface area (Å²) in [5, 5.41) is 3.93. The molecule has 5 heteroatoms. The van der Waals surface area contributed by atoms with Crippen LogP contribution >= 0.6 is 0 Å². The van der Waals surface area contributed by atoms with Gasteiger partial charge in [0, 0.05) is 24.4 Å². The lowest BCUT2D eigenvalue weighted by Gasteiger charge is -2.18. The molecule has 0 aliphatic carbocycles. The van der Waals surface area contributed by atoms with Gasteiger partial charge in [0.05, 0.1) is 25.4 Å². The summed E-state index contributed by atoms with van der Waals surface area (Å²) in [4.78, 5) is 17.1. The third kappa shape index (κ3) is 3.49. The minimum absolute atomic E-state index is 0.116. The number of aromatic nitrogens is 1. The van der Waals surface area contributed by atoms with E-state index in [1.807, 2.05) is 18.2 Å². The Hall–Kier alpha value is -2.01. The molecule has 94 valence electrons. The quantitative estimate of drug-likeness (QED) is 0.550. The molecule has 5 nitrogen and oxygen atoms in total. The summed E-state index contributed by atoms with van der Waals surface area (Å²) in [6.07, 6.45) is 7.91. The Morgan fingerprint density at radius 2 is 2.50 bits per heavy atom. The van der Waals surface area contributed by atoms with Gasteiger partial charge in [0.2, 0.25) is 0 Å². The van der Waals surface area contributed by atoms with Crippen LogP contribution in [0.5, 0.6) is 0 Å². The molecule has 0 saturated heterocycles. The van der Waals surface area contributed by atoms with E-state index in [0.29, 0.717) is 0 Å². The predicted molar refractivity (Wildman–Crippen MR) is 69.3 cm³/mol. The number of quaternary nitrogens is 1. The monoisotopic (exact) mass is 245 g/mol. The first-order valence-corrected chi connectivity index (χ1v) is 5.99. The SMILES string of the molecule is C[NH+]1CCC=C(C(=O)N/N=C\c2cccnc2)C1. The van der Waals surface area contributed by atoms with Gasteiger partial charge in [0.15, 0.2) is 0 Å². The molecule has 0 aromatic carbocycles. The third-order valence-electron chi connectivity index (χ3n) is 2.81. The van der Waals surface area contributed by atoms with Crippen LogP contribution in [0.2, 0.25) is 0 Å². The molecule has 0 saturated carbocycles. The number of rotatable bonds is 3. The zero-order valence-electron chi connectivity index (χ0n) is 10.4. The lowest BCUT2D eigenvalue weighted by atomic mass is 10.1. The van der Waals surface area contributed by atoms with E-state index in [1.54, 1.807) is 18.6 Å². The second kappa shape index (κ2) is 6.07. The van der Waals surface area contributed by atoms with Gasteiger partial charge >= 0.3 is 0 Å². The highest BCUT2D eigenvalue weighted by molar-refractivity contribution is 5.94. The highest BCUT2D eigenvalue weighted by Crippen LogP contribution is 1.97. The van der Waals surface area contributed by atoms with Gasteiger partial charge in [-0.05, 0) is 6.07 Å². The maximum absolute atomic E-state index is 11.8. The van der Waals surface area contributed by atoms with Crippen molar-refractivity contribution in [1.82, 2.24) is 10.4 Å². The van der Waals surface area contributed by atoms with Crippen LogP contribution in [0.3, 0.4) is 0 Å². The molecule has 1 aromatic rings. The van der Waals surface area contributed by atoms with Crippen LogP contribution in [-0.2, 0) is 4.79 Å². The van der Waals surface area contributed by atoms with E-state index in [4.69, 9.17) is 0 Å². The molecule has 1 aliphatic heterocycles. The Bertz CT molecular complexity index is 467. The van der Waals surface area contributed by atoms with Crippen molar-refractivity contribution in [3.63, 3.8) is 0 Å². The second-order valence-corrected chi connectivity index (χ2v) is 4.39. The first-order chi connectivity index (χ1) is 8.75. The number of amides is 1. The average molecular weight is 245 g/mol. The molecule has 1 unspecified atom stereocenters. The van der Waals surface area contributed by atoms with Crippen LogP contribution in [0.4, 0.5) is 0 Å². The first-order valence-electron chi connectivity index (χ1n) is 5.99. The summed E-state index contributed by atoms with van der Waals surface area (Å²) in [6, 6.07) is 3.70. The standard InChI is InChI=1S/C13H16N4O/c1-17-7-3-5-12(10-17)13(18)16-15-9-11-4-2-6-14-8-11/h2,4-6,8-9H,3,7,10H2,1H3,(H,16,18)/p+1/b15-9-. The van der Waals surface area contributed by atoms with Gasteiger partial charge in [-0.15, -0.1) is 0 Å². The molecule has 1 aromatic heterocycles. The molecule has 2 rings (SSSR count). The summed E-state index contributed by atoms with van der Waals surface area (Å²) in [6.45, 7) is 1.84. The molecule has 1 atom stereocenters. The van der Waals surface area contributed by atoms with E-state index < -0.39 is 0 Å². The smallest absolute Gasteiger partial charge is 0.272 e. The van der Waals surface area contributed by atoms with Crippen LogP contribution in [0.25, 0.3) is 0 Å². The predicted octanol–water partition coefficient (Wildman–Crippen LogP) is -0.623. The van der Waals surface area contributed by atoms with Crippen molar-refractivity contribution in [3.05, 3.63) is 41.7 Å². The van der Waals surface area contributed by atoms with Crippen molar-refractivity contribution >= 4 is 12.1 Å². The molecule has 2 heterocycles. The molecular weight excluding hydrogens is 228 g/mol. The number of likely N-dealkylation sites (N-methyl/N-ethyl adjacent to an activating group) is 1. The van der Waals surface area contributed by atoms with Crippen LogP contribution in [0, 0.1) is 0 Å². The Kier molecular flexibility index (Phi) is 4.20. The van der Waals surface area contributed by atoms with Crippen molar-refractivity contribution in [2.75, 3.05) is 20.1 Å². The third-order valence-corrected chi connectivity index (χ3v) is 2.81. The summed E-state index contributed by atoms with van der Waals surface area (Å²) < 4.78 is 0. The minimum atomic E-state index is -0.116. The second-order valence-electron chi connectivity index (χ2n) is 4.39. The van der Waals surface area contributed by atoms with Crippen LogP contribution in [-0.4, -0.2) is 37.2 Å².